The average molecular weight is 534 g/mol. The standard InChI is InChI=1S/C28H35N7O4/c36-14-4-2-1-3-5-25(27(38)39)32-20-6-8-22(9-7-20)34-28-31-17-24(19-15-29-18-30-16-19)26(35-28)33-21-10-12-23(37)13-11-21/h6-9,14-18,21,23,25,32,37H,1-5,10-13H2,(H,38,39)(H2,31,33,34,35). The first-order chi connectivity index (χ1) is 19.0. The molecule has 0 aliphatic heterocycles. The van der Waals surface area contributed by atoms with Crippen LogP contribution in [0, 0.1) is 0 Å². The zero-order valence-electron chi connectivity index (χ0n) is 21.8. The molecule has 4 rings (SSSR count). The largest absolute Gasteiger partial charge is 0.480 e. The van der Waals surface area contributed by atoms with Crippen LogP contribution in [-0.2, 0) is 9.59 Å². The number of unbranched alkanes of at least 4 members (excludes halogenated alkanes) is 3. The highest BCUT2D eigenvalue weighted by Gasteiger charge is 2.21. The number of carboxylic acid groups (broad SMARTS) is 1. The van der Waals surface area contributed by atoms with Gasteiger partial charge in [0.1, 0.15) is 24.5 Å². The molecule has 11 heteroatoms. The number of aliphatic hydroxyl groups is 1. The molecule has 0 radical (unpaired) electrons. The van der Waals surface area contributed by atoms with Gasteiger partial charge in [0, 0.05) is 53.6 Å². The van der Waals surface area contributed by atoms with E-state index < -0.39 is 12.0 Å². The monoisotopic (exact) mass is 533 g/mol. The number of carboxylic acids is 1. The Labute approximate surface area is 227 Å². The summed E-state index contributed by atoms with van der Waals surface area (Å²) in [5.74, 6) is 0.171. The normalized spacial score (nSPS) is 17.7. The lowest BCUT2D eigenvalue weighted by molar-refractivity contribution is -0.138. The summed E-state index contributed by atoms with van der Waals surface area (Å²) in [5.41, 5.74) is 3.04. The summed E-state index contributed by atoms with van der Waals surface area (Å²) in [7, 11) is 0. The third kappa shape index (κ3) is 8.44. The molecule has 1 aromatic carbocycles. The Hall–Kier alpha value is -4.12. The van der Waals surface area contributed by atoms with E-state index in [0.29, 0.717) is 30.3 Å². The summed E-state index contributed by atoms with van der Waals surface area (Å²) in [4.78, 5) is 39.6. The molecule has 206 valence electrons. The van der Waals surface area contributed by atoms with E-state index in [1.807, 2.05) is 24.3 Å². The van der Waals surface area contributed by atoms with E-state index in [1.165, 1.54) is 6.33 Å². The number of aliphatic carboxylic acids is 1. The van der Waals surface area contributed by atoms with Crippen LogP contribution in [0.4, 0.5) is 23.1 Å². The molecule has 0 saturated heterocycles. The number of rotatable bonds is 14. The number of hydrogen-bond acceptors (Lipinski definition) is 10. The van der Waals surface area contributed by atoms with Crippen molar-refractivity contribution in [1.82, 2.24) is 19.9 Å². The minimum absolute atomic E-state index is 0.192. The number of nitrogens with zero attached hydrogens (tertiary/aromatic N) is 4. The second-order valence-corrected chi connectivity index (χ2v) is 9.78. The molecule has 1 atom stereocenters. The second-order valence-electron chi connectivity index (χ2n) is 9.78. The van der Waals surface area contributed by atoms with Crippen LogP contribution in [0.15, 0.2) is 49.2 Å². The van der Waals surface area contributed by atoms with Crippen molar-refractivity contribution in [3.8, 4) is 11.1 Å². The van der Waals surface area contributed by atoms with Crippen molar-refractivity contribution in [2.75, 3.05) is 16.0 Å². The minimum atomic E-state index is -0.905. The Bertz CT molecular complexity index is 1200. The van der Waals surface area contributed by atoms with Crippen LogP contribution in [0.25, 0.3) is 11.1 Å². The van der Waals surface area contributed by atoms with E-state index >= 15 is 0 Å². The first-order valence-electron chi connectivity index (χ1n) is 13.4. The van der Waals surface area contributed by atoms with Crippen molar-refractivity contribution in [1.29, 1.82) is 0 Å². The molecule has 2 aromatic heterocycles. The van der Waals surface area contributed by atoms with Gasteiger partial charge < -0.3 is 31.0 Å². The molecule has 0 amide bonds. The smallest absolute Gasteiger partial charge is 0.326 e. The van der Waals surface area contributed by atoms with Gasteiger partial charge in [-0.15, -0.1) is 0 Å². The van der Waals surface area contributed by atoms with Gasteiger partial charge >= 0.3 is 5.97 Å². The second kappa shape index (κ2) is 14.1. The molecule has 1 aliphatic rings. The third-order valence-corrected chi connectivity index (χ3v) is 6.79. The number of carbonyl (C=O) groups is 2. The summed E-state index contributed by atoms with van der Waals surface area (Å²) in [6.07, 6.45) is 13.8. The predicted octanol–water partition coefficient (Wildman–Crippen LogP) is 4.41. The quantitative estimate of drug-likeness (QED) is 0.147. The Morgan fingerprint density at radius 1 is 1.00 bits per heavy atom. The van der Waals surface area contributed by atoms with Gasteiger partial charge in [0.05, 0.1) is 6.10 Å². The van der Waals surface area contributed by atoms with Crippen molar-refractivity contribution in [2.24, 2.45) is 0 Å². The first-order valence-corrected chi connectivity index (χ1v) is 13.4. The predicted molar refractivity (Wildman–Crippen MR) is 149 cm³/mol. The van der Waals surface area contributed by atoms with Gasteiger partial charge in [0.2, 0.25) is 5.95 Å². The summed E-state index contributed by atoms with van der Waals surface area (Å²) in [5, 5.41) is 29.3. The number of anilines is 4. The topological polar surface area (TPSA) is 162 Å². The highest BCUT2D eigenvalue weighted by molar-refractivity contribution is 5.78. The number of hydrogen-bond donors (Lipinski definition) is 5. The molecule has 3 aromatic rings. The summed E-state index contributed by atoms with van der Waals surface area (Å²) in [6, 6.07) is 6.79. The van der Waals surface area contributed by atoms with Crippen LogP contribution in [0.5, 0.6) is 0 Å². The third-order valence-electron chi connectivity index (χ3n) is 6.79. The zero-order valence-corrected chi connectivity index (χ0v) is 21.8. The molecule has 1 saturated carbocycles. The molecule has 11 nitrogen and oxygen atoms in total. The van der Waals surface area contributed by atoms with E-state index in [0.717, 1.165) is 68.0 Å². The van der Waals surface area contributed by atoms with Crippen LogP contribution < -0.4 is 16.0 Å². The van der Waals surface area contributed by atoms with Crippen molar-refractivity contribution in [3.05, 3.63) is 49.2 Å². The zero-order chi connectivity index (χ0) is 27.5. The van der Waals surface area contributed by atoms with Gasteiger partial charge in [-0.05, 0) is 62.8 Å². The number of carbonyl (C=O) groups excluding carboxylic acids is 1. The minimum Gasteiger partial charge on any atom is -0.480 e. The van der Waals surface area contributed by atoms with Crippen molar-refractivity contribution < 1.29 is 19.8 Å². The van der Waals surface area contributed by atoms with E-state index in [1.54, 1.807) is 18.6 Å². The molecular formula is C28H35N7O4. The molecule has 1 unspecified atom stereocenters. The van der Waals surface area contributed by atoms with Gasteiger partial charge in [-0.3, -0.25) is 0 Å². The summed E-state index contributed by atoms with van der Waals surface area (Å²) < 4.78 is 0. The number of benzene rings is 1. The summed E-state index contributed by atoms with van der Waals surface area (Å²) in [6.45, 7) is 0. The number of aliphatic hydroxyl groups excluding tert-OH is 1. The van der Waals surface area contributed by atoms with E-state index in [9.17, 15) is 19.8 Å². The fraction of sp³-hybridized carbons (Fsp3) is 0.429. The maximum atomic E-state index is 11.7. The first kappa shape index (κ1) is 27.9. The summed E-state index contributed by atoms with van der Waals surface area (Å²) >= 11 is 0. The highest BCUT2D eigenvalue weighted by atomic mass is 16.4. The van der Waals surface area contributed by atoms with Gasteiger partial charge in [-0.1, -0.05) is 12.8 Å². The number of aromatic nitrogens is 4. The molecular weight excluding hydrogens is 498 g/mol. The van der Waals surface area contributed by atoms with Crippen molar-refractivity contribution >= 4 is 35.4 Å². The van der Waals surface area contributed by atoms with Gasteiger partial charge in [-0.25, -0.2) is 19.7 Å². The maximum Gasteiger partial charge on any atom is 0.326 e. The van der Waals surface area contributed by atoms with E-state index in [4.69, 9.17) is 4.98 Å². The Morgan fingerprint density at radius 3 is 2.41 bits per heavy atom. The molecule has 39 heavy (non-hydrogen) atoms. The van der Waals surface area contributed by atoms with Crippen molar-refractivity contribution in [3.63, 3.8) is 0 Å². The fourth-order valence-corrected chi connectivity index (χ4v) is 4.61. The SMILES string of the molecule is O=CCCCCCC(Nc1ccc(Nc2ncc(-c3cncnc3)c(NC3CCC(O)CC3)n2)cc1)C(=O)O. The Balaban J connectivity index is 1.42. The van der Waals surface area contributed by atoms with Crippen LogP contribution >= 0.6 is 0 Å². The molecule has 0 bridgehead atoms. The van der Waals surface area contributed by atoms with Crippen LogP contribution in [-0.4, -0.2) is 60.6 Å². The molecule has 1 aliphatic carbocycles. The fourth-order valence-electron chi connectivity index (χ4n) is 4.61. The van der Waals surface area contributed by atoms with Crippen LogP contribution in [0.3, 0.4) is 0 Å². The maximum absolute atomic E-state index is 11.7. The number of aldehydes is 1. The Morgan fingerprint density at radius 2 is 1.72 bits per heavy atom. The van der Waals surface area contributed by atoms with Crippen LogP contribution in [0.1, 0.15) is 57.8 Å². The average Bonchev–Trinajstić information content (AvgIpc) is 2.95. The Kier molecular flexibility index (Phi) is 10.1. The van der Waals surface area contributed by atoms with E-state index in [2.05, 4.69) is 30.9 Å². The molecule has 0 spiro atoms. The van der Waals surface area contributed by atoms with E-state index in [-0.39, 0.29) is 12.1 Å². The molecule has 1 fully saturated rings. The van der Waals surface area contributed by atoms with Gasteiger partial charge in [0.25, 0.3) is 0 Å². The highest BCUT2D eigenvalue weighted by Crippen LogP contribution is 2.30. The van der Waals surface area contributed by atoms with Crippen molar-refractivity contribution in [2.45, 2.75) is 76.0 Å². The lowest BCUT2D eigenvalue weighted by atomic mass is 9.93. The molecule has 2 heterocycles. The number of nitrogens with one attached hydrogen (secondary N) is 3. The lowest BCUT2D eigenvalue weighted by Crippen LogP contribution is -2.29. The van der Waals surface area contributed by atoms with Gasteiger partial charge in [-0.2, -0.15) is 4.98 Å². The molecule has 5 N–H and O–H groups in total. The lowest BCUT2D eigenvalue weighted by Gasteiger charge is -2.27. The van der Waals surface area contributed by atoms with Crippen LogP contribution in [0.2, 0.25) is 0 Å². The van der Waals surface area contributed by atoms with Gasteiger partial charge in [0.15, 0.2) is 0 Å².